The average Bonchev–Trinajstić information content (AvgIpc) is 3.22. The lowest BCUT2D eigenvalue weighted by atomic mass is 9.88. The standard InChI is InChI=1S/C34H34O2/c1-23(2)21-35-27-17-13-25(14-18-27)33(26-15-19-28(20-16-26)36-22-24(3)4)34-31-11-7-5-9-29(31)30-10-6-8-12-32(30)34/h5-20,23-24H,21-22H2,1-4H3. The van der Waals surface area contributed by atoms with Crippen molar-refractivity contribution in [3.63, 3.8) is 0 Å². The molecule has 0 radical (unpaired) electrons. The highest BCUT2D eigenvalue weighted by Gasteiger charge is 2.26. The molecule has 0 fully saturated rings. The average molecular weight is 475 g/mol. The Morgan fingerprint density at radius 3 is 1.22 bits per heavy atom. The molecule has 0 bridgehead atoms. The number of benzene rings is 4. The van der Waals surface area contributed by atoms with Crippen LogP contribution in [0.1, 0.15) is 49.9 Å². The minimum atomic E-state index is 0.491. The molecule has 1 aliphatic carbocycles. The molecule has 1 aliphatic rings. The maximum absolute atomic E-state index is 5.98. The first kappa shape index (κ1) is 23.9. The summed E-state index contributed by atoms with van der Waals surface area (Å²) in [4.78, 5) is 0. The second kappa shape index (κ2) is 10.5. The quantitative estimate of drug-likeness (QED) is 0.224. The van der Waals surface area contributed by atoms with Gasteiger partial charge in [0.15, 0.2) is 0 Å². The zero-order valence-corrected chi connectivity index (χ0v) is 21.6. The third-order valence-electron chi connectivity index (χ3n) is 6.39. The predicted octanol–water partition coefficient (Wildman–Crippen LogP) is 8.74. The Morgan fingerprint density at radius 1 is 0.500 bits per heavy atom. The fraction of sp³-hybridized carbons (Fsp3) is 0.235. The highest BCUT2D eigenvalue weighted by atomic mass is 16.5. The van der Waals surface area contributed by atoms with Gasteiger partial charge in [0.2, 0.25) is 0 Å². The van der Waals surface area contributed by atoms with Crippen LogP contribution in [-0.2, 0) is 0 Å². The van der Waals surface area contributed by atoms with Gasteiger partial charge in [-0.1, -0.05) is 100 Å². The molecule has 0 aliphatic heterocycles. The second-order valence-corrected chi connectivity index (χ2v) is 10.3. The van der Waals surface area contributed by atoms with Crippen molar-refractivity contribution in [1.82, 2.24) is 0 Å². The molecule has 0 aromatic heterocycles. The van der Waals surface area contributed by atoms with Crippen LogP contribution >= 0.6 is 0 Å². The lowest BCUT2D eigenvalue weighted by molar-refractivity contribution is 0.271. The molecule has 0 amide bonds. The summed E-state index contributed by atoms with van der Waals surface area (Å²) in [5.41, 5.74) is 9.95. The van der Waals surface area contributed by atoms with Gasteiger partial charge in [0.1, 0.15) is 11.5 Å². The fourth-order valence-corrected chi connectivity index (χ4v) is 4.70. The van der Waals surface area contributed by atoms with Crippen LogP contribution in [0.5, 0.6) is 11.5 Å². The van der Waals surface area contributed by atoms with Crippen molar-refractivity contribution in [2.24, 2.45) is 11.8 Å². The summed E-state index contributed by atoms with van der Waals surface area (Å²) < 4.78 is 12.0. The van der Waals surface area contributed by atoms with Gasteiger partial charge in [-0.15, -0.1) is 0 Å². The van der Waals surface area contributed by atoms with Gasteiger partial charge >= 0.3 is 0 Å². The van der Waals surface area contributed by atoms with Gasteiger partial charge in [-0.3, -0.25) is 0 Å². The largest absolute Gasteiger partial charge is 0.493 e. The number of fused-ring (bicyclic) bond motifs is 3. The van der Waals surface area contributed by atoms with E-state index in [4.69, 9.17) is 9.47 Å². The van der Waals surface area contributed by atoms with Crippen LogP contribution in [-0.4, -0.2) is 13.2 Å². The van der Waals surface area contributed by atoms with E-state index < -0.39 is 0 Å². The van der Waals surface area contributed by atoms with Gasteiger partial charge in [0, 0.05) is 0 Å². The third-order valence-corrected chi connectivity index (χ3v) is 6.39. The van der Waals surface area contributed by atoms with Crippen LogP contribution in [0.25, 0.3) is 22.3 Å². The van der Waals surface area contributed by atoms with Crippen LogP contribution in [0, 0.1) is 11.8 Å². The van der Waals surface area contributed by atoms with Crippen molar-refractivity contribution in [3.05, 3.63) is 119 Å². The lowest BCUT2D eigenvalue weighted by Gasteiger charge is -2.17. The molecule has 0 unspecified atom stereocenters. The number of ether oxygens (including phenoxy) is 2. The summed E-state index contributed by atoms with van der Waals surface area (Å²) in [6, 6.07) is 34.5. The Morgan fingerprint density at radius 2 is 0.861 bits per heavy atom. The molecule has 0 atom stereocenters. The zero-order valence-electron chi connectivity index (χ0n) is 21.6. The molecular weight excluding hydrogens is 440 g/mol. The molecule has 0 N–H and O–H groups in total. The zero-order chi connectivity index (χ0) is 25.1. The van der Waals surface area contributed by atoms with Crippen LogP contribution in [0.3, 0.4) is 0 Å². The van der Waals surface area contributed by atoms with Gasteiger partial charge in [-0.25, -0.2) is 0 Å². The van der Waals surface area contributed by atoms with Crippen molar-refractivity contribution in [1.29, 1.82) is 0 Å². The summed E-state index contributed by atoms with van der Waals surface area (Å²) in [5, 5.41) is 0. The van der Waals surface area contributed by atoms with E-state index in [1.54, 1.807) is 0 Å². The Bertz CT molecular complexity index is 1250. The smallest absolute Gasteiger partial charge is 0.119 e. The summed E-state index contributed by atoms with van der Waals surface area (Å²) in [7, 11) is 0. The molecule has 182 valence electrons. The van der Waals surface area contributed by atoms with Crippen LogP contribution in [0.15, 0.2) is 97.1 Å². The van der Waals surface area contributed by atoms with E-state index >= 15 is 0 Å². The Labute approximate surface area is 215 Å². The molecule has 0 heterocycles. The van der Waals surface area contributed by atoms with E-state index in [0.717, 1.165) is 11.5 Å². The molecule has 4 aromatic rings. The Hall–Kier alpha value is -3.78. The van der Waals surface area contributed by atoms with Gasteiger partial charge in [0.25, 0.3) is 0 Å². The van der Waals surface area contributed by atoms with E-state index in [0.29, 0.717) is 25.0 Å². The lowest BCUT2D eigenvalue weighted by Crippen LogP contribution is -2.04. The number of hydrogen-bond acceptors (Lipinski definition) is 2. The minimum absolute atomic E-state index is 0.491. The maximum atomic E-state index is 5.98. The molecule has 4 aromatic carbocycles. The monoisotopic (exact) mass is 474 g/mol. The predicted molar refractivity (Wildman–Crippen MR) is 150 cm³/mol. The van der Waals surface area contributed by atoms with Crippen molar-refractivity contribution in [2.75, 3.05) is 13.2 Å². The van der Waals surface area contributed by atoms with E-state index in [2.05, 4.69) is 125 Å². The van der Waals surface area contributed by atoms with Crippen molar-refractivity contribution in [3.8, 4) is 22.6 Å². The molecular formula is C34H34O2. The second-order valence-electron chi connectivity index (χ2n) is 10.3. The SMILES string of the molecule is CC(C)COc1ccc(C(=C2c3ccccc3-c3ccccc32)c2ccc(OCC(C)C)cc2)cc1. The van der Waals surface area contributed by atoms with Crippen molar-refractivity contribution in [2.45, 2.75) is 27.7 Å². The minimum Gasteiger partial charge on any atom is -0.493 e. The summed E-state index contributed by atoms with van der Waals surface area (Å²) in [6.45, 7) is 10.1. The molecule has 36 heavy (non-hydrogen) atoms. The van der Waals surface area contributed by atoms with Gasteiger partial charge in [-0.05, 0) is 80.6 Å². The first-order chi connectivity index (χ1) is 17.5. The Balaban J connectivity index is 1.65. The first-order valence-electron chi connectivity index (χ1n) is 12.9. The molecule has 2 heteroatoms. The van der Waals surface area contributed by atoms with E-state index in [9.17, 15) is 0 Å². The van der Waals surface area contributed by atoms with Crippen LogP contribution in [0.2, 0.25) is 0 Å². The highest BCUT2D eigenvalue weighted by molar-refractivity contribution is 6.13. The van der Waals surface area contributed by atoms with Crippen molar-refractivity contribution < 1.29 is 9.47 Å². The third kappa shape index (κ3) is 4.95. The molecule has 5 rings (SSSR count). The van der Waals surface area contributed by atoms with Crippen LogP contribution in [0.4, 0.5) is 0 Å². The summed E-state index contributed by atoms with van der Waals surface area (Å²) in [5.74, 6) is 2.79. The van der Waals surface area contributed by atoms with E-state index in [1.165, 1.54) is 44.5 Å². The summed E-state index contributed by atoms with van der Waals surface area (Å²) >= 11 is 0. The number of hydrogen-bond donors (Lipinski definition) is 0. The Kier molecular flexibility index (Phi) is 6.95. The summed E-state index contributed by atoms with van der Waals surface area (Å²) in [6.07, 6.45) is 0. The van der Waals surface area contributed by atoms with E-state index in [-0.39, 0.29) is 0 Å². The molecule has 0 saturated carbocycles. The fourth-order valence-electron chi connectivity index (χ4n) is 4.70. The van der Waals surface area contributed by atoms with E-state index in [1.807, 2.05) is 0 Å². The first-order valence-corrected chi connectivity index (χ1v) is 12.9. The van der Waals surface area contributed by atoms with Gasteiger partial charge in [0.05, 0.1) is 13.2 Å². The van der Waals surface area contributed by atoms with Crippen molar-refractivity contribution >= 4 is 11.1 Å². The molecule has 0 spiro atoms. The molecule has 0 saturated heterocycles. The number of rotatable bonds is 8. The topological polar surface area (TPSA) is 18.5 Å². The van der Waals surface area contributed by atoms with Crippen LogP contribution < -0.4 is 9.47 Å². The maximum Gasteiger partial charge on any atom is 0.119 e. The van der Waals surface area contributed by atoms with Gasteiger partial charge in [-0.2, -0.15) is 0 Å². The molecule has 2 nitrogen and oxygen atoms in total. The normalized spacial score (nSPS) is 12.0. The highest BCUT2D eigenvalue weighted by Crippen LogP contribution is 2.48. The van der Waals surface area contributed by atoms with Gasteiger partial charge < -0.3 is 9.47 Å².